The van der Waals surface area contributed by atoms with Gasteiger partial charge in [0, 0.05) is 32.7 Å². The van der Waals surface area contributed by atoms with Gasteiger partial charge in [0.25, 0.3) is 0 Å². The van der Waals surface area contributed by atoms with E-state index in [1.807, 2.05) is 11.0 Å². The van der Waals surface area contributed by atoms with Crippen LogP contribution in [0, 0.1) is 11.7 Å². The van der Waals surface area contributed by atoms with Crippen LogP contribution in [0.4, 0.5) is 9.18 Å². The number of rotatable bonds is 4. The molecule has 2 heterocycles. The van der Waals surface area contributed by atoms with Crippen molar-refractivity contribution in [3.8, 4) is 0 Å². The van der Waals surface area contributed by atoms with Gasteiger partial charge in [-0.1, -0.05) is 37.3 Å². The van der Waals surface area contributed by atoms with Gasteiger partial charge in [-0.25, -0.2) is 9.18 Å². The molecule has 1 atom stereocenters. The second-order valence-corrected chi connectivity index (χ2v) is 6.90. The summed E-state index contributed by atoms with van der Waals surface area (Å²) in [6.07, 6.45) is 1.16. The van der Waals surface area contributed by atoms with Crippen LogP contribution in [0.25, 0.3) is 0 Å². The Hall–Kier alpha value is -2.47. The van der Waals surface area contributed by atoms with Crippen LogP contribution in [0.5, 0.6) is 0 Å². The molecule has 1 fully saturated rings. The van der Waals surface area contributed by atoms with E-state index in [1.165, 1.54) is 11.6 Å². The van der Waals surface area contributed by atoms with Gasteiger partial charge in [-0.3, -0.25) is 9.88 Å². The third-order valence-corrected chi connectivity index (χ3v) is 4.53. The first-order chi connectivity index (χ1) is 12.6. The van der Waals surface area contributed by atoms with Gasteiger partial charge in [0.15, 0.2) is 0 Å². The molecular weight excluding hydrogens is 331 g/mol. The van der Waals surface area contributed by atoms with E-state index >= 15 is 0 Å². The highest BCUT2D eigenvalue weighted by molar-refractivity contribution is 5.74. The number of halogens is 1. The zero-order chi connectivity index (χ0) is 18.4. The van der Waals surface area contributed by atoms with Crippen molar-refractivity contribution in [2.75, 3.05) is 26.2 Å². The monoisotopic (exact) mass is 356 g/mol. The topological polar surface area (TPSA) is 48.5 Å². The van der Waals surface area contributed by atoms with Crippen molar-refractivity contribution >= 4 is 6.03 Å². The fraction of sp³-hybridized carbons (Fsp3) is 0.400. The summed E-state index contributed by atoms with van der Waals surface area (Å²) in [4.78, 5) is 20.7. The van der Waals surface area contributed by atoms with Crippen molar-refractivity contribution in [2.24, 2.45) is 5.92 Å². The molecular formula is C20H25FN4O. The van der Waals surface area contributed by atoms with Crippen LogP contribution < -0.4 is 5.32 Å². The molecule has 5 nitrogen and oxygen atoms in total. The minimum atomic E-state index is -0.375. The van der Waals surface area contributed by atoms with Gasteiger partial charge >= 0.3 is 6.03 Å². The summed E-state index contributed by atoms with van der Waals surface area (Å²) in [5.74, 6) is 0.0239. The third-order valence-electron chi connectivity index (χ3n) is 4.53. The fourth-order valence-electron chi connectivity index (χ4n) is 3.28. The molecule has 1 unspecified atom stereocenters. The highest BCUT2D eigenvalue weighted by Gasteiger charge is 2.23. The molecule has 0 saturated carbocycles. The molecule has 2 amide bonds. The molecule has 138 valence electrons. The normalized spacial score (nSPS) is 18.4. The second kappa shape index (κ2) is 8.76. The summed E-state index contributed by atoms with van der Waals surface area (Å²) in [5.41, 5.74) is 1.94. The minimum absolute atomic E-state index is 0.0930. The number of hydrogen-bond donors (Lipinski definition) is 1. The van der Waals surface area contributed by atoms with Gasteiger partial charge in [-0.15, -0.1) is 0 Å². The quantitative estimate of drug-likeness (QED) is 0.916. The molecule has 1 aromatic carbocycles. The lowest BCUT2D eigenvalue weighted by molar-refractivity contribution is 0.194. The Labute approximate surface area is 153 Å². The molecule has 0 radical (unpaired) electrons. The van der Waals surface area contributed by atoms with E-state index in [4.69, 9.17) is 0 Å². The predicted octanol–water partition coefficient (Wildman–Crippen LogP) is 2.88. The lowest BCUT2D eigenvalue weighted by atomic mass is 10.1. The van der Waals surface area contributed by atoms with Gasteiger partial charge in [0.05, 0.1) is 18.4 Å². The Kier molecular flexibility index (Phi) is 6.17. The van der Waals surface area contributed by atoms with Crippen LogP contribution in [0.15, 0.2) is 48.7 Å². The highest BCUT2D eigenvalue weighted by atomic mass is 19.1. The van der Waals surface area contributed by atoms with E-state index in [0.717, 1.165) is 32.4 Å². The van der Waals surface area contributed by atoms with E-state index < -0.39 is 0 Å². The van der Waals surface area contributed by atoms with Crippen molar-refractivity contribution in [2.45, 2.75) is 20.0 Å². The second-order valence-electron chi connectivity index (χ2n) is 6.90. The molecule has 6 heteroatoms. The SMILES string of the molecule is CC1CN(Cc2ccccc2)CCN(C(=O)NCc2ccc(F)cn2)C1. The van der Waals surface area contributed by atoms with E-state index in [0.29, 0.717) is 24.7 Å². The van der Waals surface area contributed by atoms with Crippen LogP contribution in [0.2, 0.25) is 0 Å². The number of pyridine rings is 1. The number of urea groups is 1. The van der Waals surface area contributed by atoms with E-state index in [2.05, 4.69) is 46.4 Å². The summed E-state index contributed by atoms with van der Waals surface area (Å²) in [5, 5.41) is 2.88. The standard InChI is InChI=1S/C20H25FN4O/c1-16-13-24(15-17-5-3-2-4-6-17)9-10-25(14-16)20(26)23-12-19-8-7-18(21)11-22-19/h2-8,11,16H,9-10,12-15H2,1H3,(H,23,26). The summed E-state index contributed by atoms with van der Waals surface area (Å²) in [7, 11) is 0. The van der Waals surface area contributed by atoms with Crippen LogP contribution in [-0.4, -0.2) is 47.0 Å². The number of nitrogens with one attached hydrogen (secondary N) is 1. The molecule has 26 heavy (non-hydrogen) atoms. The van der Waals surface area contributed by atoms with Crippen molar-refractivity contribution in [3.05, 3.63) is 65.7 Å². The predicted molar refractivity (Wildman–Crippen MR) is 98.9 cm³/mol. The maximum atomic E-state index is 12.9. The number of amides is 2. The smallest absolute Gasteiger partial charge is 0.317 e. The molecule has 3 rings (SSSR count). The van der Waals surface area contributed by atoms with Crippen molar-refractivity contribution in [3.63, 3.8) is 0 Å². The third kappa shape index (κ3) is 5.26. The molecule has 0 aliphatic carbocycles. The Morgan fingerprint density at radius 1 is 1.19 bits per heavy atom. The number of benzene rings is 1. The van der Waals surface area contributed by atoms with Crippen LogP contribution in [0.1, 0.15) is 18.2 Å². The molecule has 0 spiro atoms. The lowest BCUT2D eigenvalue weighted by Gasteiger charge is -2.22. The van der Waals surface area contributed by atoms with Gasteiger partial charge in [-0.2, -0.15) is 0 Å². The van der Waals surface area contributed by atoms with E-state index in [-0.39, 0.29) is 11.8 Å². The maximum Gasteiger partial charge on any atom is 0.317 e. The lowest BCUT2D eigenvalue weighted by Crippen LogP contribution is -2.42. The molecule has 2 aromatic rings. The fourth-order valence-corrected chi connectivity index (χ4v) is 3.28. The summed E-state index contributed by atoms with van der Waals surface area (Å²) >= 11 is 0. The van der Waals surface area contributed by atoms with Gasteiger partial charge in [0.2, 0.25) is 0 Å². The first-order valence-corrected chi connectivity index (χ1v) is 8.99. The van der Waals surface area contributed by atoms with Crippen molar-refractivity contribution in [1.82, 2.24) is 20.1 Å². The van der Waals surface area contributed by atoms with E-state index in [1.54, 1.807) is 6.07 Å². The Morgan fingerprint density at radius 3 is 2.73 bits per heavy atom. The number of aromatic nitrogens is 1. The van der Waals surface area contributed by atoms with Crippen molar-refractivity contribution < 1.29 is 9.18 Å². The average Bonchev–Trinajstić information content (AvgIpc) is 2.83. The molecule has 1 aliphatic rings. The zero-order valence-corrected chi connectivity index (χ0v) is 15.1. The number of carbonyl (C=O) groups excluding carboxylic acids is 1. The van der Waals surface area contributed by atoms with Crippen LogP contribution in [-0.2, 0) is 13.1 Å². The molecule has 1 saturated heterocycles. The van der Waals surface area contributed by atoms with Crippen LogP contribution >= 0.6 is 0 Å². The zero-order valence-electron chi connectivity index (χ0n) is 15.1. The van der Waals surface area contributed by atoms with E-state index in [9.17, 15) is 9.18 Å². The minimum Gasteiger partial charge on any atom is -0.332 e. The maximum absolute atomic E-state index is 12.9. The molecule has 0 bridgehead atoms. The molecule has 1 aliphatic heterocycles. The Morgan fingerprint density at radius 2 is 2.00 bits per heavy atom. The molecule has 1 N–H and O–H groups in total. The first-order valence-electron chi connectivity index (χ1n) is 8.99. The first kappa shape index (κ1) is 18.3. The summed E-state index contributed by atoms with van der Waals surface area (Å²) in [6, 6.07) is 13.2. The van der Waals surface area contributed by atoms with Gasteiger partial charge in [0.1, 0.15) is 5.82 Å². The Bertz CT molecular complexity index is 708. The summed E-state index contributed by atoms with van der Waals surface area (Å²) in [6.45, 7) is 6.62. The largest absolute Gasteiger partial charge is 0.332 e. The van der Waals surface area contributed by atoms with Crippen molar-refractivity contribution in [1.29, 1.82) is 0 Å². The average molecular weight is 356 g/mol. The van der Waals surface area contributed by atoms with Gasteiger partial charge < -0.3 is 10.2 Å². The van der Waals surface area contributed by atoms with Gasteiger partial charge in [-0.05, 0) is 23.6 Å². The Balaban J connectivity index is 1.52. The molecule has 1 aromatic heterocycles. The summed E-state index contributed by atoms with van der Waals surface area (Å²) < 4.78 is 12.9. The van der Waals surface area contributed by atoms with Crippen LogP contribution in [0.3, 0.4) is 0 Å². The highest BCUT2D eigenvalue weighted by Crippen LogP contribution is 2.13. The number of nitrogens with zero attached hydrogens (tertiary/aromatic N) is 3. The number of carbonyl (C=O) groups is 1. The number of hydrogen-bond acceptors (Lipinski definition) is 3.